The molecule has 0 aromatic heterocycles. The smallest absolute Gasteiger partial charge is 0.222 e. The van der Waals surface area contributed by atoms with Gasteiger partial charge in [0.05, 0.1) is 5.60 Å². The minimum absolute atomic E-state index is 0.0406. The fourth-order valence-electron chi connectivity index (χ4n) is 5.29. The van der Waals surface area contributed by atoms with Crippen LogP contribution in [0, 0.1) is 5.92 Å². The number of piperidine rings is 1. The van der Waals surface area contributed by atoms with E-state index in [9.17, 15) is 14.7 Å². The van der Waals surface area contributed by atoms with Gasteiger partial charge in [0.1, 0.15) is 0 Å². The molecular formula is C22H39N3O3. The van der Waals surface area contributed by atoms with E-state index < -0.39 is 5.60 Å². The quantitative estimate of drug-likeness (QED) is 0.752. The first-order chi connectivity index (χ1) is 13.4. The van der Waals surface area contributed by atoms with Crippen LogP contribution in [0.3, 0.4) is 0 Å². The minimum atomic E-state index is -0.694. The third kappa shape index (κ3) is 6.45. The van der Waals surface area contributed by atoms with Gasteiger partial charge >= 0.3 is 0 Å². The molecule has 6 nitrogen and oxygen atoms in total. The third-order valence-corrected chi connectivity index (χ3v) is 6.97. The van der Waals surface area contributed by atoms with E-state index in [1.54, 1.807) is 6.92 Å². The summed E-state index contributed by atoms with van der Waals surface area (Å²) in [6, 6.07) is 0.269. The molecule has 2 N–H and O–H groups in total. The zero-order valence-corrected chi connectivity index (χ0v) is 17.6. The normalized spacial score (nSPS) is 28.7. The Morgan fingerprint density at radius 1 is 0.964 bits per heavy atom. The predicted molar refractivity (Wildman–Crippen MR) is 110 cm³/mol. The zero-order chi connectivity index (χ0) is 20.0. The summed E-state index contributed by atoms with van der Waals surface area (Å²) in [6.45, 7) is 5.56. The number of amides is 2. The van der Waals surface area contributed by atoms with Crippen LogP contribution in [0.5, 0.6) is 0 Å². The van der Waals surface area contributed by atoms with E-state index in [4.69, 9.17) is 0 Å². The fraction of sp³-hybridized carbons (Fsp3) is 0.909. The van der Waals surface area contributed by atoms with Crippen molar-refractivity contribution in [3.8, 4) is 0 Å². The van der Waals surface area contributed by atoms with Crippen LogP contribution >= 0.6 is 0 Å². The highest BCUT2D eigenvalue weighted by molar-refractivity contribution is 5.76. The van der Waals surface area contributed by atoms with Crippen LogP contribution in [0.25, 0.3) is 0 Å². The number of aliphatic hydroxyl groups is 1. The first kappa shape index (κ1) is 21.6. The SMILES string of the molecule is CC(=O)NC1CCN(C[C@]2(O)CCCN(C(=O)CC3CCCCC3)CC2)CC1. The lowest BCUT2D eigenvalue weighted by Crippen LogP contribution is -2.50. The van der Waals surface area contributed by atoms with E-state index in [0.717, 1.165) is 45.3 Å². The number of hydrogen-bond donors (Lipinski definition) is 2. The molecule has 1 aliphatic carbocycles. The van der Waals surface area contributed by atoms with Gasteiger partial charge in [-0.2, -0.15) is 0 Å². The zero-order valence-electron chi connectivity index (χ0n) is 17.6. The number of β-amino-alcohol motifs (C(OH)–C–C–N with tert-alkyl or cyclic N) is 1. The van der Waals surface area contributed by atoms with Gasteiger partial charge in [-0.15, -0.1) is 0 Å². The van der Waals surface area contributed by atoms with E-state index in [2.05, 4.69) is 10.2 Å². The first-order valence-electron chi connectivity index (χ1n) is 11.4. The van der Waals surface area contributed by atoms with Gasteiger partial charge in [0.2, 0.25) is 11.8 Å². The summed E-state index contributed by atoms with van der Waals surface area (Å²) in [5.74, 6) is 0.916. The number of nitrogens with one attached hydrogen (secondary N) is 1. The molecule has 2 amide bonds. The Bertz CT molecular complexity index is 527. The highest BCUT2D eigenvalue weighted by atomic mass is 16.3. The minimum Gasteiger partial charge on any atom is -0.388 e. The standard InChI is InChI=1S/C22H39N3O3/c1-18(26)23-20-8-13-24(14-9-20)17-22(28)10-5-12-25(15-11-22)21(27)16-19-6-3-2-4-7-19/h19-20,28H,2-17H2,1H3,(H,23,26)/t22-/m0/s1. The summed E-state index contributed by atoms with van der Waals surface area (Å²) in [7, 11) is 0. The topological polar surface area (TPSA) is 72.9 Å². The molecule has 2 saturated heterocycles. The second kappa shape index (κ2) is 10.1. The molecule has 3 rings (SSSR count). The number of rotatable bonds is 5. The maximum absolute atomic E-state index is 12.7. The second-order valence-electron chi connectivity index (χ2n) is 9.42. The number of likely N-dealkylation sites (tertiary alicyclic amines) is 2. The molecular weight excluding hydrogens is 354 g/mol. The highest BCUT2D eigenvalue weighted by Crippen LogP contribution is 2.29. The molecule has 6 heteroatoms. The van der Waals surface area contributed by atoms with E-state index in [-0.39, 0.29) is 11.9 Å². The molecule has 2 aliphatic heterocycles. The summed E-state index contributed by atoms with van der Waals surface area (Å²) in [5, 5.41) is 14.2. The van der Waals surface area contributed by atoms with E-state index in [1.807, 2.05) is 4.90 Å². The summed E-state index contributed by atoms with van der Waals surface area (Å²) < 4.78 is 0. The summed E-state index contributed by atoms with van der Waals surface area (Å²) >= 11 is 0. The third-order valence-electron chi connectivity index (χ3n) is 6.97. The van der Waals surface area contributed by atoms with Crippen LogP contribution in [0.4, 0.5) is 0 Å². The first-order valence-corrected chi connectivity index (χ1v) is 11.4. The van der Waals surface area contributed by atoms with E-state index >= 15 is 0 Å². The molecule has 0 spiro atoms. The summed E-state index contributed by atoms with van der Waals surface area (Å²) in [5.41, 5.74) is -0.694. The van der Waals surface area contributed by atoms with Gasteiger partial charge in [0, 0.05) is 52.1 Å². The largest absolute Gasteiger partial charge is 0.388 e. The molecule has 0 aromatic carbocycles. The van der Waals surface area contributed by atoms with Crippen LogP contribution in [0.1, 0.15) is 77.6 Å². The van der Waals surface area contributed by atoms with Gasteiger partial charge in [-0.1, -0.05) is 19.3 Å². The molecule has 28 heavy (non-hydrogen) atoms. The maximum atomic E-state index is 12.7. The van der Waals surface area contributed by atoms with Crippen molar-refractivity contribution in [2.45, 2.75) is 89.2 Å². The molecule has 3 aliphatic rings. The van der Waals surface area contributed by atoms with Crippen molar-refractivity contribution >= 4 is 11.8 Å². The molecule has 0 bridgehead atoms. The second-order valence-corrected chi connectivity index (χ2v) is 9.42. The predicted octanol–water partition coefficient (Wildman–Crippen LogP) is 2.30. The lowest BCUT2D eigenvalue weighted by atomic mass is 9.86. The average molecular weight is 394 g/mol. The van der Waals surface area contributed by atoms with Crippen LogP contribution < -0.4 is 5.32 Å². The van der Waals surface area contributed by atoms with Crippen LogP contribution in [-0.4, -0.2) is 71.1 Å². The number of carbonyl (C=O) groups is 2. The van der Waals surface area contributed by atoms with Crippen molar-refractivity contribution in [3.63, 3.8) is 0 Å². The van der Waals surface area contributed by atoms with Gasteiger partial charge in [-0.25, -0.2) is 0 Å². The van der Waals surface area contributed by atoms with Gasteiger partial charge < -0.3 is 20.2 Å². The van der Waals surface area contributed by atoms with E-state index in [1.165, 1.54) is 32.1 Å². The Morgan fingerprint density at radius 2 is 1.68 bits per heavy atom. The maximum Gasteiger partial charge on any atom is 0.222 e. The van der Waals surface area contributed by atoms with Gasteiger partial charge in [-0.3, -0.25) is 9.59 Å². The van der Waals surface area contributed by atoms with Gasteiger partial charge in [-0.05, 0) is 50.9 Å². The van der Waals surface area contributed by atoms with Crippen molar-refractivity contribution < 1.29 is 14.7 Å². The average Bonchev–Trinajstić information content (AvgIpc) is 2.86. The summed E-state index contributed by atoms with van der Waals surface area (Å²) in [4.78, 5) is 28.3. The van der Waals surface area contributed by atoms with Crippen molar-refractivity contribution in [1.29, 1.82) is 0 Å². The molecule has 0 unspecified atom stereocenters. The van der Waals surface area contributed by atoms with Crippen LogP contribution in [0.2, 0.25) is 0 Å². The van der Waals surface area contributed by atoms with Crippen LogP contribution in [0.15, 0.2) is 0 Å². The lowest BCUT2D eigenvalue weighted by Gasteiger charge is -2.38. The Labute approximate surface area is 170 Å². The molecule has 2 heterocycles. The monoisotopic (exact) mass is 393 g/mol. The molecule has 1 atom stereocenters. The Balaban J connectivity index is 1.43. The Kier molecular flexibility index (Phi) is 7.75. The molecule has 1 saturated carbocycles. The van der Waals surface area contributed by atoms with Crippen molar-refractivity contribution in [2.24, 2.45) is 5.92 Å². The van der Waals surface area contributed by atoms with Gasteiger partial charge in [0.25, 0.3) is 0 Å². The Hall–Kier alpha value is -1.14. The van der Waals surface area contributed by atoms with Crippen molar-refractivity contribution in [2.75, 3.05) is 32.7 Å². The summed E-state index contributed by atoms with van der Waals surface area (Å²) in [6.07, 6.45) is 11.2. The molecule has 0 aromatic rings. The lowest BCUT2D eigenvalue weighted by molar-refractivity contribution is -0.132. The van der Waals surface area contributed by atoms with Crippen molar-refractivity contribution in [1.82, 2.24) is 15.1 Å². The highest BCUT2D eigenvalue weighted by Gasteiger charge is 2.34. The van der Waals surface area contributed by atoms with E-state index in [0.29, 0.717) is 37.8 Å². The fourth-order valence-corrected chi connectivity index (χ4v) is 5.29. The Morgan fingerprint density at radius 3 is 2.36 bits per heavy atom. The molecule has 160 valence electrons. The molecule has 3 fully saturated rings. The van der Waals surface area contributed by atoms with Gasteiger partial charge in [0.15, 0.2) is 0 Å². The van der Waals surface area contributed by atoms with Crippen molar-refractivity contribution in [3.05, 3.63) is 0 Å². The molecule has 0 radical (unpaired) electrons. The number of hydrogen-bond acceptors (Lipinski definition) is 4. The number of nitrogens with zero attached hydrogens (tertiary/aromatic N) is 2. The van der Waals surface area contributed by atoms with Crippen LogP contribution in [-0.2, 0) is 9.59 Å². The number of carbonyl (C=O) groups excluding carboxylic acids is 2.